The molecule has 2 N–H and O–H groups in total. The first-order valence-electron chi connectivity index (χ1n) is 6.96. The molecule has 0 bridgehead atoms. The molecular formula is C15H23FN2O. The number of halogens is 1. The molecule has 19 heavy (non-hydrogen) atoms. The van der Waals surface area contributed by atoms with Crippen molar-refractivity contribution < 1.29 is 9.13 Å². The Morgan fingerprint density at radius 2 is 2.26 bits per heavy atom. The first-order valence-corrected chi connectivity index (χ1v) is 6.96. The SMILES string of the molecule is CCC1COC(C)CN1c1cccc(F)c1[C@H](C)N. The Morgan fingerprint density at radius 1 is 1.53 bits per heavy atom. The van der Waals surface area contributed by atoms with Gasteiger partial charge in [-0.25, -0.2) is 4.39 Å². The second-order valence-corrected chi connectivity index (χ2v) is 5.32. The van der Waals surface area contributed by atoms with Gasteiger partial charge in [-0.05, 0) is 32.4 Å². The molecule has 1 aromatic carbocycles. The van der Waals surface area contributed by atoms with Gasteiger partial charge >= 0.3 is 0 Å². The summed E-state index contributed by atoms with van der Waals surface area (Å²) in [6.45, 7) is 7.46. The van der Waals surface area contributed by atoms with Gasteiger partial charge in [0.25, 0.3) is 0 Å². The molecule has 1 aliphatic rings. The summed E-state index contributed by atoms with van der Waals surface area (Å²) in [4.78, 5) is 2.25. The maximum absolute atomic E-state index is 14.0. The summed E-state index contributed by atoms with van der Waals surface area (Å²) in [7, 11) is 0. The van der Waals surface area contributed by atoms with Crippen LogP contribution in [0, 0.1) is 5.82 Å². The summed E-state index contributed by atoms with van der Waals surface area (Å²) < 4.78 is 19.7. The van der Waals surface area contributed by atoms with Crippen LogP contribution in [0.5, 0.6) is 0 Å². The number of hydrogen-bond donors (Lipinski definition) is 1. The second kappa shape index (κ2) is 5.88. The van der Waals surface area contributed by atoms with Crippen LogP contribution in [0.3, 0.4) is 0 Å². The predicted molar refractivity (Wildman–Crippen MR) is 75.8 cm³/mol. The summed E-state index contributed by atoms with van der Waals surface area (Å²) in [5, 5.41) is 0. The zero-order valence-electron chi connectivity index (χ0n) is 11.9. The van der Waals surface area contributed by atoms with E-state index >= 15 is 0 Å². The molecule has 3 atom stereocenters. The van der Waals surface area contributed by atoms with Crippen molar-refractivity contribution in [3.8, 4) is 0 Å². The molecule has 3 nitrogen and oxygen atoms in total. The maximum atomic E-state index is 14.0. The van der Waals surface area contributed by atoms with E-state index in [1.165, 1.54) is 6.07 Å². The van der Waals surface area contributed by atoms with Crippen molar-refractivity contribution in [1.82, 2.24) is 0 Å². The summed E-state index contributed by atoms with van der Waals surface area (Å²) in [5.41, 5.74) is 7.47. The number of morpholine rings is 1. The number of rotatable bonds is 3. The van der Waals surface area contributed by atoms with Crippen molar-refractivity contribution in [3.05, 3.63) is 29.6 Å². The molecule has 0 saturated carbocycles. The van der Waals surface area contributed by atoms with Crippen molar-refractivity contribution in [2.24, 2.45) is 5.73 Å². The number of ether oxygens (including phenoxy) is 1. The van der Waals surface area contributed by atoms with Gasteiger partial charge in [0.05, 0.1) is 18.8 Å². The Bertz CT molecular complexity index is 436. The average Bonchev–Trinajstić information content (AvgIpc) is 2.37. The second-order valence-electron chi connectivity index (χ2n) is 5.32. The molecule has 2 unspecified atom stereocenters. The van der Waals surface area contributed by atoms with Crippen LogP contribution in [0.4, 0.5) is 10.1 Å². The maximum Gasteiger partial charge on any atom is 0.130 e. The predicted octanol–water partition coefficient (Wildman–Crippen LogP) is 2.85. The van der Waals surface area contributed by atoms with Gasteiger partial charge in [-0.3, -0.25) is 0 Å². The lowest BCUT2D eigenvalue weighted by molar-refractivity contribution is 0.0298. The molecule has 4 heteroatoms. The van der Waals surface area contributed by atoms with Gasteiger partial charge in [0.15, 0.2) is 0 Å². The van der Waals surface area contributed by atoms with E-state index in [0.29, 0.717) is 12.2 Å². The molecule has 1 aromatic rings. The Morgan fingerprint density at radius 3 is 2.89 bits per heavy atom. The molecular weight excluding hydrogens is 243 g/mol. The summed E-state index contributed by atoms with van der Waals surface area (Å²) in [6.07, 6.45) is 1.13. The van der Waals surface area contributed by atoms with Gasteiger partial charge in [-0.15, -0.1) is 0 Å². The largest absolute Gasteiger partial charge is 0.375 e. The molecule has 106 valence electrons. The molecule has 1 aliphatic heterocycles. The number of nitrogens with zero attached hydrogens (tertiary/aromatic N) is 1. The van der Waals surface area contributed by atoms with Crippen LogP contribution in [-0.2, 0) is 4.74 Å². The first kappa shape index (κ1) is 14.3. The minimum atomic E-state index is -0.313. The van der Waals surface area contributed by atoms with Crippen LogP contribution in [0.25, 0.3) is 0 Å². The fraction of sp³-hybridized carbons (Fsp3) is 0.600. The van der Waals surface area contributed by atoms with Crippen molar-refractivity contribution in [2.75, 3.05) is 18.1 Å². The summed E-state index contributed by atoms with van der Waals surface area (Å²) in [6, 6.07) is 5.17. The highest BCUT2D eigenvalue weighted by atomic mass is 19.1. The summed E-state index contributed by atoms with van der Waals surface area (Å²) in [5.74, 6) is -0.221. The normalized spacial score (nSPS) is 25.4. The first-order chi connectivity index (χ1) is 9.04. The highest BCUT2D eigenvalue weighted by Crippen LogP contribution is 2.31. The lowest BCUT2D eigenvalue weighted by Crippen LogP contribution is -2.49. The van der Waals surface area contributed by atoms with E-state index in [9.17, 15) is 4.39 Å². The van der Waals surface area contributed by atoms with Crippen molar-refractivity contribution in [1.29, 1.82) is 0 Å². The summed E-state index contributed by atoms with van der Waals surface area (Å²) >= 11 is 0. The highest BCUT2D eigenvalue weighted by Gasteiger charge is 2.28. The number of hydrogen-bond acceptors (Lipinski definition) is 3. The zero-order valence-corrected chi connectivity index (χ0v) is 11.9. The van der Waals surface area contributed by atoms with Crippen LogP contribution >= 0.6 is 0 Å². The third kappa shape index (κ3) is 2.90. The molecule has 1 saturated heterocycles. The van der Waals surface area contributed by atoms with Gasteiger partial charge in [-0.2, -0.15) is 0 Å². The number of nitrogens with two attached hydrogens (primary N) is 1. The molecule has 0 spiro atoms. The van der Waals surface area contributed by atoms with E-state index < -0.39 is 0 Å². The lowest BCUT2D eigenvalue weighted by Gasteiger charge is -2.41. The van der Waals surface area contributed by atoms with E-state index in [-0.39, 0.29) is 24.0 Å². The van der Waals surface area contributed by atoms with Gasteiger partial charge in [0.2, 0.25) is 0 Å². The van der Waals surface area contributed by atoms with Gasteiger partial charge in [0.1, 0.15) is 5.82 Å². The Balaban J connectivity index is 2.41. The van der Waals surface area contributed by atoms with Gasteiger partial charge < -0.3 is 15.4 Å². The van der Waals surface area contributed by atoms with Crippen LogP contribution in [0.2, 0.25) is 0 Å². The third-order valence-corrected chi connectivity index (χ3v) is 3.73. The van der Waals surface area contributed by atoms with Crippen LogP contribution < -0.4 is 10.6 Å². The zero-order chi connectivity index (χ0) is 14.0. The molecule has 2 rings (SSSR count). The standard InChI is InChI=1S/C15H23FN2O/c1-4-12-9-19-10(2)8-18(12)14-7-5-6-13(16)15(14)11(3)17/h5-7,10-12H,4,8-9,17H2,1-3H3/t10?,11-,12?/m0/s1. The molecule has 0 aliphatic carbocycles. The molecule has 0 amide bonds. The highest BCUT2D eigenvalue weighted by molar-refractivity contribution is 5.56. The van der Waals surface area contributed by atoms with E-state index in [0.717, 1.165) is 18.7 Å². The quantitative estimate of drug-likeness (QED) is 0.914. The van der Waals surface area contributed by atoms with Gasteiger partial charge in [-0.1, -0.05) is 13.0 Å². The van der Waals surface area contributed by atoms with E-state index in [4.69, 9.17) is 10.5 Å². The van der Waals surface area contributed by atoms with Crippen molar-refractivity contribution in [2.45, 2.75) is 45.4 Å². The molecule has 0 radical (unpaired) electrons. The minimum absolute atomic E-state index is 0.159. The van der Waals surface area contributed by atoms with E-state index in [2.05, 4.69) is 11.8 Å². The lowest BCUT2D eigenvalue weighted by atomic mass is 10.0. The fourth-order valence-corrected chi connectivity index (χ4v) is 2.70. The molecule has 0 aromatic heterocycles. The van der Waals surface area contributed by atoms with E-state index in [1.807, 2.05) is 19.9 Å². The van der Waals surface area contributed by atoms with Crippen LogP contribution in [0.1, 0.15) is 38.8 Å². The van der Waals surface area contributed by atoms with Crippen molar-refractivity contribution >= 4 is 5.69 Å². The minimum Gasteiger partial charge on any atom is -0.375 e. The monoisotopic (exact) mass is 266 g/mol. The van der Waals surface area contributed by atoms with Gasteiger partial charge in [0, 0.05) is 23.8 Å². The van der Waals surface area contributed by atoms with Crippen LogP contribution in [-0.4, -0.2) is 25.3 Å². The Kier molecular flexibility index (Phi) is 4.42. The number of anilines is 1. The van der Waals surface area contributed by atoms with E-state index in [1.54, 1.807) is 6.07 Å². The fourth-order valence-electron chi connectivity index (χ4n) is 2.70. The smallest absolute Gasteiger partial charge is 0.130 e. The molecule has 1 heterocycles. The Hall–Kier alpha value is -1.13. The number of benzene rings is 1. The third-order valence-electron chi connectivity index (χ3n) is 3.73. The average molecular weight is 266 g/mol. The Labute approximate surface area is 114 Å². The molecule has 1 fully saturated rings. The van der Waals surface area contributed by atoms with Crippen molar-refractivity contribution in [3.63, 3.8) is 0 Å². The topological polar surface area (TPSA) is 38.5 Å². The van der Waals surface area contributed by atoms with Crippen LogP contribution in [0.15, 0.2) is 18.2 Å².